The molecule has 1 aromatic rings. The minimum absolute atomic E-state index is 0.118. The lowest BCUT2D eigenvalue weighted by molar-refractivity contribution is 0.0523. The van der Waals surface area contributed by atoms with Crippen LogP contribution in [0.1, 0.15) is 52.2 Å². The molecule has 3 N–H and O–H groups in total. The molecule has 0 aliphatic heterocycles. The normalized spacial score (nSPS) is 13.3. The monoisotopic (exact) mass is 333 g/mol. The van der Waals surface area contributed by atoms with Crippen LogP contribution in [-0.2, 0) is 11.3 Å². The first-order chi connectivity index (χ1) is 11.1. The number of carbonyl (C=O) groups excluding carboxylic acids is 1. The molecule has 0 bridgehead atoms. The van der Waals surface area contributed by atoms with Crippen LogP contribution in [0.4, 0.5) is 4.79 Å². The summed E-state index contributed by atoms with van der Waals surface area (Å²) in [6.07, 6.45) is 1.55. The van der Waals surface area contributed by atoms with Crippen LogP contribution in [0.25, 0.3) is 5.57 Å². The molecule has 0 atom stereocenters. The number of carbonyl (C=O) groups is 1. The van der Waals surface area contributed by atoms with Crippen molar-refractivity contribution in [1.82, 2.24) is 5.32 Å². The summed E-state index contributed by atoms with van der Waals surface area (Å²) in [7, 11) is 0. The third-order valence-electron chi connectivity index (χ3n) is 3.14. The number of ether oxygens (including phenoxy) is 1. The molecule has 0 spiro atoms. The standard InChI is InChI=1S/C19H27NO4/c1-6-16(22)11-17(13(2)21)15-9-7-8-14(10-15)12-20-18(23)24-19(3,4)5/h7-11,21-22H,6,12H2,1-5H3,(H,20,23)/b16-11?,17-13-. The fraction of sp³-hybridized carbons (Fsp3) is 0.421. The number of amides is 1. The Morgan fingerprint density at radius 2 is 1.96 bits per heavy atom. The van der Waals surface area contributed by atoms with Crippen molar-refractivity contribution in [3.63, 3.8) is 0 Å². The average Bonchev–Trinajstić information content (AvgIpc) is 2.48. The zero-order valence-corrected chi connectivity index (χ0v) is 15.0. The van der Waals surface area contributed by atoms with E-state index in [0.717, 1.165) is 11.1 Å². The number of allylic oxidation sites excluding steroid dienone is 4. The highest BCUT2D eigenvalue weighted by Gasteiger charge is 2.15. The van der Waals surface area contributed by atoms with Crippen LogP contribution in [0.15, 0.2) is 41.9 Å². The van der Waals surface area contributed by atoms with Crippen LogP contribution >= 0.6 is 0 Å². The predicted octanol–water partition coefficient (Wildman–Crippen LogP) is 4.85. The van der Waals surface area contributed by atoms with E-state index in [0.29, 0.717) is 18.5 Å². The molecular weight excluding hydrogens is 306 g/mol. The van der Waals surface area contributed by atoms with E-state index in [1.807, 2.05) is 31.2 Å². The molecule has 0 aliphatic rings. The van der Waals surface area contributed by atoms with Gasteiger partial charge in [-0.3, -0.25) is 0 Å². The zero-order chi connectivity index (χ0) is 18.3. The highest BCUT2D eigenvalue weighted by Crippen LogP contribution is 2.22. The lowest BCUT2D eigenvalue weighted by Gasteiger charge is -2.19. The number of hydrogen-bond acceptors (Lipinski definition) is 4. The summed E-state index contributed by atoms with van der Waals surface area (Å²) in [5.74, 6) is 0.308. The first-order valence-electron chi connectivity index (χ1n) is 7.98. The first kappa shape index (κ1) is 19.6. The minimum Gasteiger partial charge on any atom is -0.512 e. The molecule has 132 valence electrons. The van der Waals surface area contributed by atoms with E-state index in [9.17, 15) is 15.0 Å². The van der Waals surface area contributed by atoms with Gasteiger partial charge in [-0.05, 0) is 51.0 Å². The van der Waals surface area contributed by atoms with E-state index in [2.05, 4.69) is 5.32 Å². The van der Waals surface area contributed by atoms with Crippen LogP contribution in [0.3, 0.4) is 0 Å². The van der Waals surface area contributed by atoms with Crippen molar-refractivity contribution in [2.45, 2.75) is 53.2 Å². The maximum Gasteiger partial charge on any atom is 0.407 e. The molecule has 0 aromatic heterocycles. The Labute approximate surface area is 143 Å². The van der Waals surface area contributed by atoms with Gasteiger partial charge < -0.3 is 20.3 Å². The van der Waals surface area contributed by atoms with E-state index in [-0.39, 0.29) is 11.5 Å². The molecule has 24 heavy (non-hydrogen) atoms. The Morgan fingerprint density at radius 3 is 2.50 bits per heavy atom. The summed E-state index contributed by atoms with van der Waals surface area (Å²) in [5.41, 5.74) is 1.63. The van der Waals surface area contributed by atoms with E-state index >= 15 is 0 Å². The van der Waals surface area contributed by atoms with Crippen LogP contribution in [0.2, 0.25) is 0 Å². The fourth-order valence-electron chi connectivity index (χ4n) is 2.00. The molecule has 5 heteroatoms. The molecule has 0 unspecified atom stereocenters. The smallest absolute Gasteiger partial charge is 0.407 e. The van der Waals surface area contributed by atoms with Crippen LogP contribution in [0.5, 0.6) is 0 Å². The Hall–Kier alpha value is -2.43. The quantitative estimate of drug-likeness (QED) is 0.531. The molecule has 1 rings (SSSR count). The third-order valence-corrected chi connectivity index (χ3v) is 3.14. The van der Waals surface area contributed by atoms with Gasteiger partial charge in [0, 0.05) is 18.5 Å². The molecule has 0 saturated heterocycles. The second kappa shape index (κ2) is 8.43. The molecule has 0 fully saturated rings. The number of hydrogen-bond donors (Lipinski definition) is 3. The summed E-state index contributed by atoms with van der Waals surface area (Å²) in [5, 5.41) is 22.3. The van der Waals surface area contributed by atoms with Crippen molar-refractivity contribution in [3.8, 4) is 0 Å². The number of aliphatic hydroxyl groups is 2. The van der Waals surface area contributed by atoms with Crippen molar-refractivity contribution < 1.29 is 19.7 Å². The molecular formula is C19H27NO4. The zero-order valence-electron chi connectivity index (χ0n) is 15.0. The van der Waals surface area contributed by atoms with Gasteiger partial charge in [0.15, 0.2) is 0 Å². The Bertz CT molecular complexity index is 635. The maximum atomic E-state index is 11.7. The largest absolute Gasteiger partial charge is 0.512 e. The van der Waals surface area contributed by atoms with Gasteiger partial charge >= 0.3 is 6.09 Å². The minimum atomic E-state index is -0.543. The summed E-state index contributed by atoms with van der Waals surface area (Å²) in [6, 6.07) is 7.40. The summed E-state index contributed by atoms with van der Waals surface area (Å²) in [6.45, 7) is 9.13. The van der Waals surface area contributed by atoms with Crippen molar-refractivity contribution in [1.29, 1.82) is 0 Å². The van der Waals surface area contributed by atoms with Crippen LogP contribution < -0.4 is 5.32 Å². The molecule has 0 heterocycles. The van der Waals surface area contributed by atoms with Gasteiger partial charge in [-0.25, -0.2) is 4.79 Å². The molecule has 1 amide bonds. The van der Waals surface area contributed by atoms with E-state index in [1.54, 1.807) is 33.8 Å². The van der Waals surface area contributed by atoms with Gasteiger partial charge in [-0.1, -0.05) is 25.1 Å². The first-order valence-corrected chi connectivity index (χ1v) is 7.98. The molecule has 0 saturated carbocycles. The number of aliphatic hydroxyl groups excluding tert-OH is 2. The molecule has 1 aromatic carbocycles. The third kappa shape index (κ3) is 6.77. The SMILES string of the molecule is CCC(O)=C/C(=C(\C)O)c1cccc(CNC(=O)OC(C)(C)C)c1. The van der Waals surface area contributed by atoms with Gasteiger partial charge in [0.1, 0.15) is 5.60 Å². The second-order valence-corrected chi connectivity index (χ2v) is 6.54. The Morgan fingerprint density at radius 1 is 1.29 bits per heavy atom. The predicted molar refractivity (Wildman–Crippen MR) is 95.7 cm³/mol. The maximum absolute atomic E-state index is 11.7. The van der Waals surface area contributed by atoms with Gasteiger partial charge in [-0.2, -0.15) is 0 Å². The Kier molecular flexibility index (Phi) is 6.89. The van der Waals surface area contributed by atoms with Gasteiger partial charge in [0.2, 0.25) is 0 Å². The van der Waals surface area contributed by atoms with Gasteiger partial charge in [-0.15, -0.1) is 0 Å². The van der Waals surface area contributed by atoms with Gasteiger partial charge in [0.25, 0.3) is 0 Å². The van der Waals surface area contributed by atoms with E-state index in [4.69, 9.17) is 4.74 Å². The van der Waals surface area contributed by atoms with Crippen LogP contribution in [-0.4, -0.2) is 21.9 Å². The van der Waals surface area contributed by atoms with Gasteiger partial charge in [0.05, 0.1) is 11.5 Å². The molecule has 0 aliphatic carbocycles. The van der Waals surface area contributed by atoms with Crippen molar-refractivity contribution in [3.05, 3.63) is 53.0 Å². The van der Waals surface area contributed by atoms with E-state index in [1.165, 1.54) is 0 Å². The summed E-state index contributed by atoms with van der Waals surface area (Å²) < 4.78 is 5.20. The fourth-order valence-corrected chi connectivity index (χ4v) is 2.00. The highest BCUT2D eigenvalue weighted by atomic mass is 16.6. The topological polar surface area (TPSA) is 78.8 Å². The average molecular weight is 333 g/mol. The molecule has 5 nitrogen and oxygen atoms in total. The second-order valence-electron chi connectivity index (χ2n) is 6.54. The van der Waals surface area contributed by atoms with E-state index < -0.39 is 11.7 Å². The van der Waals surface area contributed by atoms with Crippen molar-refractivity contribution in [2.24, 2.45) is 0 Å². The Balaban J connectivity index is 2.90. The number of rotatable bonds is 5. The lowest BCUT2D eigenvalue weighted by Crippen LogP contribution is -2.32. The van der Waals surface area contributed by atoms with Crippen LogP contribution in [0, 0.1) is 0 Å². The number of nitrogens with one attached hydrogen (secondary N) is 1. The number of benzene rings is 1. The summed E-state index contributed by atoms with van der Waals surface area (Å²) in [4.78, 5) is 11.7. The lowest BCUT2D eigenvalue weighted by atomic mass is 10.0. The number of alkyl carbamates (subject to hydrolysis) is 1. The summed E-state index contributed by atoms with van der Waals surface area (Å²) >= 11 is 0. The molecule has 0 radical (unpaired) electrons. The van der Waals surface area contributed by atoms with Crippen molar-refractivity contribution >= 4 is 11.7 Å². The highest BCUT2D eigenvalue weighted by molar-refractivity contribution is 5.76. The van der Waals surface area contributed by atoms with Crippen molar-refractivity contribution in [2.75, 3.05) is 0 Å².